The number of esters is 1. The van der Waals surface area contributed by atoms with Gasteiger partial charge in [0.2, 0.25) is 6.29 Å². The Bertz CT molecular complexity index is 2550. The van der Waals surface area contributed by atoms with Crippen molar-refractivity contribution in [2.45, 2.75) is 160 Å². The fourth-order valence-electron chi connectivity index (χ4n) is 12.1. The number of nitrogens with zero attached hydrogens (tertiary/aromatic N) is 2. The minimum Gasteiger partial charge on any atom is -0.482 e. The molecule has 0 amide bonds. The van der Waals surface area contributed by atoms with Crippen LogP contribution in [0.1, 0.15) is 112 Å². The van der Waals surface area contributed by atoms with Crippen LogP contribution >= 0.6 is 0 Å². The summed E-state index contributed by atoms with van der Waals surface area (Å²) in [6, 6.07) is 2.38. The molecule has 11 atom stereocenters. The van der Waals surface area contributed by atoms with Gasteiger partial charge in [-0.05, 0) is 107 Å². The van der Waals surface area contributed by atoms with E-state index in [1.165, 1.54) is 12.7 Å². The number of aliphatic hydroxyl groups is 2. The molecule has 0 aromatic heterocycles. The third kappa shape index (κ3) is 6.95. The van der Waals surface area contributed by atoms with Gasteiger partial charge in [-0.3, -0.25) is 4.79 Å². The van der Waals surface area contributed by atoms with Crippen molar-refractivity contribution in [2.75, 3.05) is 20.8 Å². The zero-order valence-corrected chi connectivity index (χ0v) is 40.7. The number of allylic oxidation sites excluding steroid dienone is 5. The normalized spacial score (nSPS) is 35.9. The summed E-state index contributed by atoms with van der Waals surface area (Å²) in [5, 5.41) is 34.5. The van der Waals surface area contributed by atoms with Crippen LogP contribution in [0.4, 0.5) is 0 Å². The monoisotopic (exact) mass is 923 g/mol. The summed E-state index contributed by atoms with van der Waals surface area (Å²) in [6.07, 6.45) is 5.78. The zero-order valence-electron chi connectivity index (χ0n) is 40.7. The molecule has 3 saturated heterocycles. The Morgan fingerprint density at radius 2 is 1.75 bits per heavy atom. The van der Waals surface area contributed by atoms with Gasteiger partial charge in [0.15, 0.2) is 22.8 Å². The summed E-state index contributed by atoms with van der Waals surface area (Å²) in [6.45, 7) is 19.3. The van der Waals surface area contributed by atoms with E-state index in [9.17, 15) is 20.3 Å². The van der Waals surface area contributed by atoms with E-state index < -0.39 is 82.6 Å². The molecule has 15 heteroatoms. The lowest BCUT2D eigenvalue weighted by Gasteiger charge is -2.63. The predicted molar refractivity (Wildman–Crippen MR) is 246 cm³/mol. The molecule has 6 fully saturated rings. The van der Waals surface area contributed by atoms with Crippen molar-refractivity contribution in [2.24, 2.45) is 23.5 Å². The van der Waals surface area contributed by atoms with E-state index in [-0.39, 0.29) is 36.0 Å². The number of nitriles is 1. The van der Waals surface area contributed by atoms with Gasteiger partial charge in [-0.1, -0.05) is 29.4 Å². The van der Waals surface area contributed by atoms with Crippen LogP contribution in [0.15, 0.2) is 58.0 Å². The number of carbonyl (C=O) groups is 2. The number of methoxy groups -OCH3 is 1. The van der Waals surface area contributed by atoms with Gasteiger partial charge in [-0.25, -0.2) is 4.79 Å². The van der Waals surface area contributed by atoms with Crippen molar-refractivity contribution in [1.29, 1.82) is 5.26 Å². The van der Waals surface area contributed by atoms with Crippen LogP contribution in [0.5, 0.6) is 17.2 Å². The third-order valence-electron chi connectivity index (χ3n) is 15.3. The molecule has 6 aliphatic heterocycles. The molecule has 0 radical (unpaired) electrons. The van der Waals surface area contributed by atoms with E-state index in [0.29, 0.717) is 64.3 Å². The van der Waals surface area contributed by atoms with Crippen molar-refractivity contribution in [3.05, 3.63) is 74.7 Å². The van der Waals surface area contributed by atoms with Gasteiger partial charge in [0, 0.05) is 47.9 Å². The number of benzene rings is 1. The average Bonchev–Trinajstić information content (AvgIpc) is 3.41. The first kappa shape index (κ1) is 47.1. The predicted octanol–water partition coefficient (Wildman–Crippen LogP) is 6.46. The van der Waals surface area contributed by atoms with E-state index in [4.69, 9.17) is 43.6 Å². The molecule has 1 aromatic carbocycles. The molecular weight excluding hydrogens is 859 g/mol. The number of carbonyl (C=O) groups excluding carboxylic acids is 2. The Balaban J connectivity index is 1.35. The first-order valence-electron chi connectivity index (χ1n) is 23.4. The van der Waals surface area contributed by atoms with Crippen molar-refractivity contribution >= 4 is 23.5 Å². The van der Waals surface area contributed by atoms with Crippen LogP contribution in [-0.4, -0.2) is 107 Å². The first-order valence-corrected chi connectivity index (χ1v) is 23.4. The highest BCUT2D eigenvalue weighted by Gasteiger charge is 2.84. The minimum absolute atomic E-state index is 0.0321. The summed E-state index contributed by atoms with van der Waals surface area (Å²) >= 11 is 0. The second-order valence-corrected chi connectivity index (χ2v) is 21.2. The van der Waals surface area contributed by atoms with Crippen LogP contribution in [0.2, 0.25) is 0 Å². The summed E-state index contributed by atoms with van der Waals surface area (Å²) in [5.41, 5.74) is 7.72. The lowest BCUT2D eigenvalue weighted by atomic mass is 9.44. The highest BCUT2D eigenvalue weighted by molar-refractivity contribution is 6.02. The highest BCUT2D eigenvalue weighted by atomic mass is 16.8. The van der Waals surface area contributed by atoms with Gasteiger partial charge in [-0.15, -0.1) is 0 Å². The van der Waals surface area contributed by atoms with Gasteiger partial charge >= 0.3 is 5.97 Å². The fourth-order valence-corrected chi connectivity index (χ4v) is 12.1. The molecule has 15 nitrogen and oxygen atoms in total. The lowest BCUT2D eigenvalue weighted by Crippen LogP contribution is -2.75. The van der Waals surface area contributed by atoms with Crippen molar-refractivity contribution in [3.8, 4) is 23.3 Å². The summed E-state index contributed by atoms with van der Waals surface area (Å²) in [4.78, 5) is 30.3. The number of Topliss-reactive ketones (excluding diaryl/α,β-unsaturated/α-hetero) is 1. The molecule has 1 aromatic rings. The Hall–Kier alpha value is -4.95. The van der Waals surface area contributed by atoms with Gasteiger partial charge in [-0.2, -0.15) is 5.26 Å². The number of ether oxygens (including phenoxy) is 8. The van der Waals surface area contributed by atoms with E-state index in [1.54, 1.807) is 38.8 Å². The molecule has 3 saturated carbocycles. The van der Waals surface area contributed by atoms with Crippen LogP contribution in [-0.2, 0) is 39.7 Å². The number of aliphatic hydroxyl groups excluding tert-OH is 2. The van der Waals surface area contributed by atoms with Crippen LogP contribution in [0.25, 0.3) is 11.8 Å². The molecule has 360 valence electrons. The molecule has 67 heavy (non-hydrogen) atoms. The maximum Gasteiger partial charge on any atom is 0.333 e. The largest absolute Gasteiger partial charge is 0.482 e. The highest BCUT2D eigenvalue weighted by Crippen LogP contribution is 2.74. The SMILES string of the molecule is COC(=O)/C(C)=C\CC12OC(C)(C)C3CC(C1=O)C1C(C#N)=C(N)N(C)C4=C1C32Oc1c(CC=C(C)C)c2c(c(O[C@@H]3O[C@@H]5COC(C)(C)O[C@H]5[C@H](O)[C@H]3O)c14)C=CC(C)(CCC=C(C)C)O2. The summed E-state index contributed by atoms with van der Waals surface area (Å²) in [5.74, 6) is -2.58. The number of hydrogen-bond acceptors (Lipinski definition) is 15. The number of fused-ring (bicyclic) bond motifs is 4. The maximum absolute atomic E-state index is 15.6. The minimum atomic E-state index is -1.68. The summed E-state index contributed by atoms with van der Waals surface area (Å²) < 4.78 is 52.9. The van der Waals surface area contributed by atoms with Crippen LogP contribution in [0, 0.1) is 29.1 Å². The van der Waals surface area contributed by atoms with Gasteiger partial charge in [0.05, 0.1) is 47.8 Å². The maximum atomic E-state index is 15.6. The van der Waals surface area contributed by atoms with E-state index in [0.717, 1.165) is 12.0 Å². The van der Waals surface area contributed by atoms with E-state index >= 15 is 4.79 Å². The lowest BCUT2D eigenvalue weighted by molar-refractivity contribution is -0.373. The van der Waals surface area contributed by atoms with Crippen molar-refractivity contribution in [3.63, 3.8) is 0 Å². The standard InChI is InChI=1S/C52H65N3O12/c1-25(2)14-13-19-50(10)20-18-29-40(65-50)28(16-15-26(3)4)42-35(41(29)63-47-39(57)38(56)43-32(62-47)24-61-49(8,9)64-43)37-36-34(31(23-53)45(54)55(37)11)30-22-33-48(6,7)67-51(44(30)58,52(33,36)66-42)21-17-27(5)46(59)60-12/h14-15,17-18,20,30,32-34,38-39,43,47,56-57H,13,16,19,21-22,24,54H2,1-12H3/b27-17-/t30?,32-,33?,34?,38-,39-,43-,47+,50?,51?,52?/m1/s1. The van der Waals surface area contributed by atoms with Crippen molar-refractivity contribution < 1.29 is 57.7 Å². The Morgan fingerprint density at radius 3 is 2.42 bits per heavy atom. The smallest absolute Gasteiger partial charge is 0.333 e. The van der Waals surface area contributed by atoms with Crippen LogP contribution in [0.3, 0.4) is 0 Å². The number of rotatable bonds is 10. The van der Waals surface area contributed by atoms with Crippen LogP contribution < -0.4 is 19.9 Å². The second-order valence-electron chi connectivity index (χ2n) is 21.2. The molecule has 1 spiro atoms. The quantitative estimate of drug-likeness (QED) is 0.131. The van der Waals surface area contributed by atoms with Gasteiger partial charge in [0.25, 0.3) is 0 Å². The number of hydrogen-bond donors (Lipinski definition) is 3. The van der Waals surface area contributed by atoms with E-state index in [2.05, 4.69) is 32.1 Å². The fraction of sp³-hybridized carbons (Fsp3) is 0.596. The second kappa shape index (κ2) is 16.1. The average molecular weight is 924 g/mol. The molecule has 4 bridgehead atoms. The molecule has 6 heterocycles. The third-order valence-corrected chi connectivity index (χ3v) is 15.3. The Labute approximate surface area is 392 Å². The Morgan fingerprint density at radius 1 is 1.03 bits per heavy atom. The van der Waals surface area contributed by atoms with Crippen molar-refractivity contribution in [1.82, 2.24) is 4.90 Å². The number of ketones is 1. The molecule has 10 rings (SSSR count). The first-order chi connectivity index (χ1) is 31.5. The zero-order chi connectivity index (χ0) is 48.5. The van der Waals surface area contributed by atoms with E-state index in [1.807, 2.05) is 46.8 Å². The molecule has 4 N–H and O–H groups in total. The van der Waals surface area contributed by atoms with Gasteiger partial charge in [0.1, 0.15) is 53.1 Å². The molecular formula is C52H65N3O12. The number of nitrogens with two attached hydrogens (primary N) is 1. The molecule has 9 aliphatic rings. The Kier molecular flexibility index (Phi) is 11.3. The molecule has 6 unspecified atom stereocenters. The molecule has 3 aliphatic carbocycles. The van der Waals surface area contributed by atoms with Gasteiger partial charge < -0.3 is 58.7 Å². The topological polar surface area (TPSA) is 201 Å². The summed E-state index contributed by atoms with van der Waals surface area (Å²) in [7, 11) is 3.09.